The molecule has 0 saturated heterocycles. The number of halogens is 2. The molecule has 0 fully saturated rings. The minimum absolute atomic E-state index is 0.208. The van der Waals surface area contributed by atoms with Crippen LogP contribution in [0.15, 0.2) is 90.8 Å². The second kappa shape index (κ2) is 10.2. The van der Waals surface area contributed by atoms with Crippen LogP contribution in [0.3, 0.4) is 0 Å². The first kappa shape index (κ1) is 21.7. The van der Waals surface area contributed by atoms with E-state index in [1.165, 1.54) is 26.6 Å². The second-order valence-electron chi connectivity index (χ2n) is 7.05. The van der Waals surface area contributed by atoms with Crippen molar-refractivity contribution in [1.29, 1.82) is 0 Å². The standard InChI is InChI=1S/C17H12P.C7H9.2ClH.Zr/c1-2-7-15-12-16(11-14(15)6-1)18-10-9-13-5-3-4-8-17(13)18;1-7(2)5-3-4-6-7;;;/h1-12H;3-5H,1-2H3;2*1H;/q2*-1;;;+4/p-2. The fraction of sp³-hybridized carbons (Fsp3) is 0.125. The SMILES string of the molecule is CC1(C)[C-]=CC=C1.[Cl][Zr+2][Cl].c1ccc2[cH-]c(-p3ccc4ccccc43)cc2c1. The molecule has 0 saturated carbocycles. The third kappa shape index (κ3) is 5.55. The normalized spacial score (nSPS) is 14.2. The molecular formula is C24H21Cl2PZr. The van der Waals surface area contributed by atoms with Crippen molar-refractivity contribution in [2.45, 2.75) is 13.8 Å². The topological polar surface area (TPSA) is 0 Å². The van der Waals surface area contributed by atoms with Gasteiger partial charge in [-0.2, -0.15) is 12.1 Å². The fourth-order valence-electron chi connectivity index (χ4n) is 3.18. The summed E-state index contributed by atoms with van der Waals surface area (Å²) in [7, 11) is 9.58. The van der Waals surface area contributed by atoms with Crippen molar-refractivity contribution in [1.82, 2.24) is 0 Å². The third-order valence-electron chi connectivity index (χ3n) is 4.54. The van der Waals surface area contributed by atoms with Crippen LogP contribution >= 0.6 is 24.6 Å². The third-order valence-corrected chi connectivity index (χ3v) is 6.73. The summed E-state index contributed by atoms with van der Waals surface area (Å²) in [6.07, 6.45) is 9.28. The van der Waals surface area contributed by atoms with Crippen LogP contribution in [-0.2, 0) is 20.8 Å². The first-order chi connectivity index (χ1) is 13.5. The van der Waals surface area contributed by atoms with Crippen LogP contribution in [0.4, 0.5) is 0 Å². The van der Waals surface area contributed by atoms with E-state index in [4.69, 9.17) is 17.0 Å². The molecule has 3 aromatic carbocycles. The molecular weight excluding hydrogens is 481 g/mol. The van der Waals surface area contributed by atoms with E-state index in [0.717, 1.165) is 0 Å². The van der Waals surface area contributed by atoms with Gasteiger partial charge in [-0.1, -0.05) is 54.9 Å². The van der Waals surface area contributed by atoms with E-state index in [-0.39, 0.29) is 12.9 Å². The molecule has 0 nitrogen and oxygen atoms in total. The summed E-state index contributed by atoms with van der Waals surface area (Å²) in [5.74, 6) is 2.37. The van der Waals surface area contributed by atoms with Crippen LogP contribution in [0.25, 0.3) is 26.6 Å². The Morgan fingerprint density at radius 2 is 1.64 bits per heavy atom. The van der Waals surface area contributed by atoms with E-state index in [1.807, 2.05) is 12.2 Å². The molecule has 0 spiro atoms. The zero-order valence-electron chi connectivity index (χ0n) is 15.9. The zero-order valence-corrected chi connectivity index (χ0v) is 20.7. The Hall–Kier alpha value is -0.967. The van der Waals surface area contributed by atoms with Crippen LogP contribution in [0, 0.1) is 11.5 Å². The molecule has 4 aromatic rings. The number of rotatable bonds is 1. The Bertz CT molecular complexity index is 1050. The van der Waals surface area contributed by atoms with Gasteiger partial charge in [0.15, 0.2) is 0 Å². The molecule has 140 valence electrons. The van der Waals surface area contributed by atoms with Crippen LogP contribution in [-0.4, -0.2) is 0 Å². The van der Waals surface area contributed by atoms with E-state index in [2.05, 4.69) is 98.5 Å². The van der Waals surface area contributed by atoms with E-state index in [0.29, 0.717) is 0 Å². The molecule has 0 aliphatic heterocycles. The summed E-state index contributed by atoms with van der Waals surface area (Å²) in [5.41, 5.74) is 0.208. The maximum absolute atomic E-state index is 4.93. The van der Waals surface area contributed by atoms with Gasteiger partial charge < -0.3 is 0 Å². The van der Waals surface area contributed by atoms with Gasteiger partial charge in [-0.05, 0) is 17.3 Å². The van der Waals surface area contributed by atoms with Crippen molar-refractivity contribution in [3.05, 3.63) is 96.8 Å². The van der Waals surface area contributed by atoms with E-state index < -0.39 is 20.8 Å². The molecule has 1 unspecified atom stereocenters. The van der Waals surface area contributed by atoms with Gasteiger partial charge >= 0.3 is 37.9 Å². The van der Waals surface area contributed by atoms with E-state index in [9.17, 15) is 0 Å². The molecule has 0 bridgehead atoms. The van der Waals surface area contributed by atoms with Crippen LogP contribution in [0.1, 0.15) is 13.8 Å². The van der Waals surface area contributed by atoms with Crippen molar-refractivity contribution in [3.8, 4) is 5.30 Å². The predicted octanol–water partition coefficient (Wildman–Crippen LogP) is 9.01. The smallest absolute Gasteiger partial charge is 0.00412 e. The van der Waals surface area contributed by atoms with Crippen molar-refractivity contribution < 1.29 is 20.8 Å². The number of fused-ring (bicyclic) bond motifs is 2. The summed E-state index contributed by atoms with van der Waals surface area (Å²) >= 11 is -0.826. The van der Waals surface area contributed by atoms with Gasteiger partial charge in [0, 0.05) is 5.12 Å². The average Bonchev–Trinajstić information content (AvgIpc) is 3.39. The van der Waals surface area contributed by atoms with Crippen molar-refractivity contribution in [2.75, 3.05) is 0 Å². The van der Waals surface area contributed by atoms with Gasteiger partial charge in [-0.25, -0.2) is 12.2 Å². The van der Waals surface area contributed by atoms with Crippen molar-refractivity contribution >= 4 is 45.8 Å². The molecule has 0 amide bonds. The number of allylic oxidation sites excluding steroid dienone is 4. The average molecular weight is 503 g/mol. The number of benzene rings is 2. The summed E-state index contributed by atoms with van der Waals surface area (Å²) < 4.78 is 0. The van der Waals surface area contributed by atoms with Gasteiger partial charge in [0.05, 0.1) is 0 Å². The largest absolute Gasteiger partial charge is 0.157 e. The monoisotopic (exact) mass is 500 g/mol. The first-order valence-electron chi connectivity index (χ1n) is 9.01. The minimum Gasteiger partial charge on any atom is -0.157 e. The van der Waals surface area contributed by atoms with Gasteiger partial charge in [-0.3, -0.25) is 6.08 Å². The maximum atomic E-state index is 4.93. The molecule has 4 heteroatoms. The second-order valence-corrected chi connectivity index (χ2v) is 12.8. The summed E-state index contributed by atoms with van der Waals surface area (Å²) in [6, 6.07) is 24.3. The Morgan fingerprint density at radius 3 is 2.25 bits per heavy atom. The Morgan fingerprint density at radius 1 is 0.964 bits per heavy atom. The quantitative estimate of drug-likeness (QED) is 0.228. The molecule has 0 N–H and O–H groups in total. The number of hydrogen-bond acceptors (Lipinski definition) is 0. The van der Waals surface area contributed by atoms with Gasteiger partial charge in [0.25, 0.3) is 0 Å². The van der Waals surface area contributed by atoms with Crippen LogP contribution < -0.4 is 0 Å². The Kier molecular flexibility index (Phi) is 7.90. The Balaban J connectivity index is 0.000000188. The molecule has 1 aliphatic rings. The zero-order chi connectivity index (χ0) is 20.0. The molecule has 1 aromatic heterocycles. The van der Waals surface area contributed by atoms with Crippen molar-refractivity contribution in [2.24, 2.45) is 5.41 Å². The molecule has 1 aliphatic carbocycles. The van der Waals surface area contributed by atoms with Gasteiger partial charge in [-0.15, -0.1) is 42.6 Å². The number of hydrogen-bond donors (Lipinski definition) is 0. The van der Waals surface area contributed by atoms with Gasteiger partial charge in [0.2, 0.25) is 0 Å². The van der Waals surface area contributed by atoms with Gasteiger partial charge in [0.1, 0.15) is 0 Å². The van der Waals surface area contributed by atoms with E-state index in [1.54, 1.807) is 0 Å². The summed E-state index contributed by atoms with van der Waals surface area (Å²) in [6.45, 7) is 4.26. The fourth-order valence-corrected chi connectivity index (χ4v) is 5.33. The summed E-state index contributed by atoms with van der Waals surface area (Å²) in [4.78, 5) is 0. The molecule has 1 heterocycles. The van der Waals surface area contributed by atoms with Crippen LogP contribution in [0.2, 0.25) is 0 Å². The minimum atomic E-state index is -0.826. The maximum Gasteiger partial charge on any atom is 0.00412 e. The molecule has 1 atom stereocenters. The molecule has 0 radical (unpaired) electrons. The predicted molar refractivity (Wildman–Crippen MR) is 124 cm³/mol. The summed E-state index contributed by atoms with van der Waals surface area (Å²) in [5, 5.41) is 7.05. The van der Waals surface area contributed by atoms with Crippen LogP contribution in [0.5, 0.6) is 0 Å². The first-order valence-corrected chi connectivity index (χ1v) is 16.7. The molecule has 5 rings (SSSR count). The molecule has 28 heavy (non-hydrogen) atoms. The van der Waals surface area contributed by atoms with E-state index >= 15 is 0 Å². The van der Waals surface area contributed by atoms with Crippen molar-refractivity contribution in [3.63, 3.8) is 0 Å². The Labute approximate surface area is 186 Å².